The monoisotopic (exact) mass is 211 g/mol. The van der Waals surface area contributed by atoms with E-state index in [4.69, 9.17) is 0 Å². The Bertz CT molecular complexity index is 261. The highest BCUT2D eigenvalue weighted by Gasteiger charge is 1.94. The number of hydrogen-bond acceptors (Lipinski definition) is 3. The largest absolute Gasteiger partial charge is 0.317 e. The molecule has 0 aliphatic carbocycles. The second kappa shape index (κ2) is 7.31. The molecule has 0 saturated heterocycles. The Morgan fingerprint density at radius 3 is 2.73 bits per heavy atom. The van der Waals surface area contributed by atoms with Crippen LogP contribution in [0.15, 0.2) is 18.3 Å². The van der Waals surface area contributed by atoms with E-state index in [9.17, 15) is 4.39 Å². The fourth-order valence-corrected chi connectivity index (χ4v) is 1.24. The molecule has 0 fully saturated rings. The van der Waals surface area contributed by atoms with E-state index in [1.165, 1.54) is 12.3 Å². The van der Waals surface area contributed by atoms with Crippen LogP contribution in [0.25, 0.3) is 0 Å². The Hall–Kier alpha value is -1.00. The molecule has 15 heavy (non-hydrogen) atoms. The summed E-state index contributed by atoms with van der Waals surface area (Å²) in [6.07, 6.45) is 2.34. The van der Waals surface area contributed by atoms with Crippen LogP contribution in [0, 0.1) is 5.82 Å². The van der Waals surface area contributed by atoms with Crippen molar-refractivity contribution >= 4 is 0 Å². The molecule has 0 aliphatic heterocycles. The van der Waals surface area contributed by atoms with Gasteiger partial charge in [0.05, 0.1) is 11.9 Å². The molecule has 0 aliphatic rings. The quantitative estimate of drug-likeness (QED) is 0.668. The fraction of sp³-hybridized carbons (Fsp3) is 0.545. The maximum Gasteiger partial charge on any atom is 0.141 e. The van der Waals surface area contributed by atoms with Crippen LogP contribution in [0.5, 0.6) is 0 Å². The molecule has 1 aromatic heterocycles. The summed E-state index contributed by atoms with van der Waals surface area (Å²) in [4.78, 5) is 3.96. The van der Waals surface area contributed by atoms with Crippen LogP contribution in [0.3, 0.4) is 0 Å². The van der Waals surface area contributed by atoms with E-state index >= 15 is 0 Å². The van der Waals surface area contributed by atoms with Gasteiger partial charge >= 0.3 is 0 Å². The Balaban J connectivity index is 2.07. The lowest BCUT2D eigenvalue weighted by Crippen LogP contribution is -2.21. The summed E-state index contributed by atoms with van der Waals surface area (Å²) < 4.78 is 12.5. The standard InChI is InChI=1S/C11H18FN3/c1-2-13-6-3-7-14-9-11-5-4-10(12)8-15-11/h4-5,8,13-14H,2-3,6-7,9H2,1H3. The highest BCUT2D eigenvalue weighted by atomic mass is 19.1. The zero-order chi connectivity index (χ0) is 10.9. The van der Waals surface area contributed by atoms with Crippen LogP contribution >= 0.6 is 0 Å². The maximum absolute atomic E-state index is 12.5. The van der Waals surface area contributed by atoms with Gasteiger partial charge in [0.15, 0.2) is 0 Å². The minimum absolute atomic E-state index is 0.286. The number of hydrogen-bond donors (Lipinski definition) is 2. The molecule has 1 aromatic rings. The van der Waals surface area contributed by atoms with Gasteiger partial charge in [0.1, 0.15) is 5.82 Å². The van der Waals surface area contributed by atoms with Gasteiger partial charge in [-0.25, -0.2) is 4.39 Å². The molecule has 0 bridgehead atoms. The third-order valence-corrected chi connectivity index (χ3v) is 2.05. The fourth-order valence-electron chi connectivity index (χ4n) is 1.24. The van der Waals surface area contributed by atoms with Gasteiger partial charge in [-0.15, -0.1) is 0 Å². The van der Waals surface area contributed by atoms with Crippen molar-refractivity contribution in [2.75, 3.05) is 19.6 Å². The van der Waals surface area contributed by atoms with Gasteiger partial charge in [0, 0.05) is 6.54 Å². The molecule has 0 unspecified atom stereocenters. The molecule has 0 amide bonds. The zero-order valence-corrected chi connectivity index (χ0v) is 9.09. The van der Waals surface area contributed by atoms with Gasteiger partial charge in [0.2, 0.25) is 0 Å². The van der Waals surface area contributed by atoms with Crippen molar-refractivity contribution in [1.29, 1.82) is 0 Å². The molecule has 1 rings (SSSR count). The summed E-state index contributed by atoms with van der Waals surface area (Å²) in [7, 11) is 0. The smallest absolute Gasteiger partial charge is 0.141 e. The Morgan fingerprint density at radius 2 is 2.07 bits per heavy atom. The van der Waals surface area contributed by atoms with Gasteiger partial charge in [-0.2, -0.15) is 0 Å². The normalized spacial score (nSPS) is 10.5. The first-order valence-corrected chi connectivity index (χ1v) is 5.35. The lowest BCUT2D eigenvalue weighted by molar-refractivity contribution is 0.594. The molecule has 3 nitrogen and oxygen atoms in total. The van der Waals surface area contributed by atoms with Crippen molar-refractivity contribution in [1.82, 2.24) is 15.6 Å². The van der Waals surface area contributed by atoms with E-state index in [1.807, 2.05) is 0 Å². The second-order valence-corrected chi connectivity index (χ2v) is 3.35. The number of rotatable bonds is 7. The molecule has 1 heterocycles. The topological polar surface area (TPSA) is 37.0 Å². The van der Waals surface area contributed by atoms with Crippen LogP contribution in [-0.4, -0.2) is 24.6 Å². The summed E-state index contributed by atoms with van der Waals surface area (Å²) in [5.41, 5.74) is 0.875. The van der Waals surface area contributed by atoms with E-state index in [0.29, 0.717) is 6.54 Å². The second-order valence-electron chi connectivity index (χ2n) is 3.35. The Kier molecular flexibility index (Phi) is 5.88. The number of nitrogens with one attached hydrogen (secondary N) is 2. The highest BCUT2D eigenvalue weighted by Crippen LogP contribution is 1.97. The number of halogens is 1. The Morgan fingerprint density at radius 1 is 1.27 bits per heavy atom. The number of nitrogens with zero attached hydrogens (tertiary/aromatic N) is 1. The predicted molar refractivity (Wildman–Crippen MR) is 59.1 cm³/mol. The van der Waals surface area contributed by atoms with Gasteiger partial charge in [0.25, 0.3) is 0 Å². The first-order chi connectivity index (χ1) is 7.33. The number of pyridine rings is 1. The van der Waals surface area contributed by atoms with E-state index < -0.39 is 0 Å². The van der Waals surface area contributed by atoms with Gasteiger partial charge in [-0.05, 0) is 38.2 Å². The predicted octanol–water partition coefficient (Wildman–Crippen LogP) is 1.31. The summed E-state index contributed by atoms with van der Waals surface area (Å²) in [5, 5.41) is 6.50. The van der Waals surface area contributed by atoms with Crippen LogP contribution in [0.4, 0.5) is 4.39 Å². The van der Waals surface area contributed by atoms with Crippen molar-refractivity contribution in [2.24, 2.45) is 0 Å². The summed E-state index contributed by atoms with van der Waals surface area (Å²) >= 11 is 0. The van der Waals surface area contributed by atoms with Gasteiger partial charge < -0.3 is 10.6 Å². The van der Waals surface area contributed by atoms with Crippen LogP contribution in [0.1, 0.15) is 19.0 Å². The molecule has 0 spiro atoms. The van der Waals surface area contributed by atoms with Crippen molar-refractivity contribution in [2.45, 2.75) is 19.9 Å². The van der Waals surface area contributed by atoms with Crippen molar-refractivity contribution < 1.29 is 4.39 Å². The van der Waals surface area contributed by atoms with E-state index in [-0.39, 0.29) is 5.82 Å². The molecule has 0 atom stereocenters. The van der Waals surface area contributed by atoms with E-state index in [2.05, 4.69) is 22.5 Å². The van der Waals surface area contributed by atoms with Crippen molar-refractivity contribution in [3.8, 4) is 0 Å². The van der Waals surface area contributed by atoms with Crippen LogP contribution in [0.2, 0.25) is 0 Å². The minimum Gasteiger partial charge on any atom is -0.317 e. The molecule has 0 saturated carbocycles. The third-order valence-electron chi connectivity index (χ3n) is 2.05. The molecule has 2 N–H and O–H groups in total. The zero-order valence-electron chi connectivity index (χ0n) is 9.09. The van der Waals surface area contributed by atoms with Crippen LogP contribution < -0.4 is 10.6 Å². The van der Waals surface area contributed by atoms with Gasteiger partial charge in [-0.1, -0.05) is 6.92 Å². The minimum atomic E-state index is -0.286. The molecule has 0 aromatic carbocycles. The first kappa shape index (κ1) is 12.1. The van der Waals surface area contributed by atoms with E-state index in [0.717, 1.165) is 31.7 Å². The third kappa shape index (κ3) is 5.44. The SMILES string of the molecule is CCNCCCNCc1ccc(F)cn1. The highest BCUT2D eigenvalue weighted by molar-refractivity contribution is 5.04. The van der Waals surface area contributed by atoms with Crippen molar-refractivity contribution in [3.05, 3.63) is 29.8 Å². The molecular formula is C11H18FN3. The Labute approximate surface area is 90.1 Å². The first-order valence-electron chi connectivity index (χ1n) is 5.35. The maximum atomic E-state index is 12.5. The lowest BCUT2D eigenvalue weighted by Gasteiger charge is -2.04. The molecule has 0 radical (unpaired) electrons. The molecular weight excluding hydrogens is 193 g/mol. The summed E-state index contributed by atoms with van der Waals surface area (Å²) in [6, 6.07) is 3.13. The average molecular weight is 211 g/mol. The van der Waals surface area contributed by atoms with Gasteiger partial charge in [-0.3, -0.25) is 4.98 Å². The number of aromatic nitrogens is 1. The van der Waals surface area contributed by atoms with E-state index in [1.54, 1.807) is 6.07 Å². The summed E-state index contributed by atoms with van der Waals surface area (Å²) in [5.74, 6) is -0.286. The van der Waals surface area contributed by atoms with Crippen molar-refractivity contribution in [3.63, 3.8) is 0 Å². The molecule has 84 valence electrons. The molecule has 4 heteroatoms. The lowest BCUT2D eigenvalue weighted by atomic mass is 10.3. The summed E-state index contributed by atoms with van der Waals surface area (Å²) in [6.45, 7) is 5.79. The average Bonchev–Trinajstić information content (AvgIpc) is 2.26. The van der Waals surface area contributed by atoms with Crippen LogP contribution in [-0.2, 0) is 6.54 Å².